The van der Waals surface area contributed by atoms with Gasteiger partial charge in [0.15, 0.2) is 0 Å². The van der Waals surface area contributed by atoms with Crippen LogP contribution in [0.25, 0.3) is 11.0 Å². The number of pyridine rings is 1. The lowest BCUT2D eigenvalue weighted by Gasteiger charge is -2.11. The van der Waals surface area contributed by atoms with Gasteiger partial charge in [0.2, 0.25) is 0 Å². The molecule has 98 valence electrons. The van der Waals surface area contributed by atoms with Crippen molar-refractivity contribution in [3.05, 3.63) is 24.3 Å². The largest absolute Gasteiger partial charge is 0.377 e. The minimum Gasteiger partial charge on any atom is -0.377 e. The van der Waals surface area contributed by atoms with Gasteiger partial charge < -0.3 is 9.30 Å². The molecule has 2 aromatic heterocycles. The van der Waals surface area contributed by atoms with Gasteiger partial charge in [-0.25, -0.2) is 4.98 Å². The molecule has 0 saturated heterocycles. The smallest absolute Gasteiger partial charge is 0.111 e. The maximum absolute atomic E-state index is 5.82. The summed E-state index contributed by atoms with van der Waals surface area (Å²) in [5.74, 6) is 1.57. The summed E-state index contributed by atoms with van der Waals surface area (Å²) in [4.78, 5) is 8.66. The van der Waals surface area contributed by atoms with Crippen molar-refractivity contribution >= 4 is 22.6 Å². The number of ether oxygens (including phenoxy) is 1. The monoisotopic (exact) mass is 267 g/mol. The molecule has 0 aromatic carbocycles. The first kappa shape index (κ1) is 13.3. The van der Waals surface area contributed by atoms with Crippen LogP contribution in [0.3, 0.4) is 0 Å². The lowest BCUT2D eigenvalue weighted by molar-refractivity contribution is 0.0729. The second-order valence-corrected chi connectivity index (χ2v) is 4.78. The first-order valence-electron chi connectivity index (χ1n) is 6.19. The number of hydrogen-bond donors (Lipinski definition) is 0. The maximum Gasteiger partial charge on any atom is 0.111 e. The number of fused-ring (bicyclic) bond motifs is 1. The molecule has 0 N–H and O–H groups in total. The van der Waals surface area contributed by atoms with Crippen molar-refractivity contribution in [1.82, 2.24) is 14.5 Å². The van der Waals surface area contributed by atoms with Gasteiger partial charge in [0.05, 0.1) is 24.4 Å². The SMILES string of the molecule is CC(C)OCCn1c(CCCl)nc2cnccc21. The Hall–Kier alpha value is -1.13. The highest BCUT2D eigenvalue weighted by Crippen LogP contribution is 2.15. The van der Waals surface area contributed by atoms with Crippen LogP contribution in [-0.2, 0) is 17.7 Å². The third-order valence-corrected chi connectivity index (χ3v) is 2.90. The van der Waals surface area contributed by atoms with Gasteiger partial charge in [0.25, 0.3) is 0 Å². The first-order chi connectivity index (χ1) is 8.72. The Kier molecular flexibility index (Phi) is 4.55. The third kappa shape index (κ3) is 3.00. The average molecular weight is 268 g/mol. The number of alkyl halides is 1. The van der Waals surface area contributed by atoms with E-state index in [0.29, 0.717) is 12.5 Å². The van der Waals surface area contributed by atoms with E-state index in [-0.39, 0.29) is 6.10 Å². The Morgan fingerprint density at radius 2 is 2.28 bits per heavy atom. The standard InChI is InChI=1S/C13H18ClN3O/c1-10(2)18-8-7-17-12-4-6-15-9-11(12)16-13(17)3-5-14/h4,6,9-10H,3,5,7-8H2,1-2H3. The number of halogens is 1. The predicted molar refractivity (Wildman–Crippen MR) is 73.0 cm³/mol. The summed E-state index contributed by atoms with van der Waals surface area (Å²) in [7, 11) is 0. The minimum atomic E-state index is 0.248. The Balaban J connectivity index is 2.24. The highest BCUT2D eigenvalue weighted by atomic mass is 35.5. The summed E-state index contributed by atoms with van der Waals surface area (Å²) in [5, 5.41) is 0. The predicted octanol–water partition coefficient (Wildman–Crippen LogP) is 2.64. The van der Waals surface area contributed by atoms with Crippen molar-refractivity contribution in [2.75, 3.05) is 12.5 Å². The van der Waals surface area contributed by atoms with Crippen LogP contribution in [0.5, 0.6) is 0 Å². The van der Waals surface area contributed by atoms with E-state index in [2.05, 4.69) is 14.5 Å². The zero-order valence-corrected chi connectivity index (χ0v) is 11.5. The molecular weight excluding hydrogens is 250 g/mol. The van der Waals surface area contributed by atoms with Gasteiger partial charge in [-0.05, 0) is 19.9 Å². The first-order valence-corrected chi connectivity index (χ1v) is 6.72. The van der Waals surface area contributed by atoms with E-state index in [1.54, 1.807) is 12.4 Å². The molecule has 0 aliphatic heterocycles. The second kappa shape index (κ2) is 6.16. The molecular formula is C13H18ClN3O. The van der Waals surface area contributed by atoms with E-state index in [0.717, 1.165) is 29.8 Å². The summed E-state index contributed by atoms with van der Waals surface area (Å²) in [6.07, 6.45) is 4.58. The van der Waals surface area contributed by atoms with Crippen molar-refractivity contribution < 1.29 is 4.74 Å². The molecule has 0 atom stereocenters. The summed E-state index contributed by atoms with van der Waals surface area (Å²) in [6.45, 7) is 5.55. The summed E-state index contributed by atoms with van der Waals surface area (Å²) in [6, 6.07) is 1.98. The van der Waals surface area contributed by atoms with Gasteiger partial charge in [-0.1, -0.05) is 0 Å². The van der Waals surface area contributed by atoms with Gasteiger partial charge in [-0.2, -0.15) is 0 Å². The number of aromatic nitrogens is 3. The lowest BCUT2D eigenvalue weighted by atomic mass is 10.4. The quantitative estimate of drug-likeness (QED) is 0.756. The van der Waals surface area contributed by atoms with Crippen molar-refractivity contribution in [2.24, 2.45) is 0 Å². The molecule has 18 heavy (non-hydrogen) atoms. The van der Waals surface area contributed by atoms with Crippen molar-refractivity contribution in [1.29, 1.82) is 0 Å². The van der Waals surface area contributed by atoms with E-state index < -0.39 is 0 Å². The molecule has 2 heterocycles. The van der Waals surface area contributed by atoms with Crippen molar-refractivity contribution in [3.8, 4) is 0 Å². The molecule has 0 bridgehead atoms. The second-order valence-electron chi connectivity index (χ2n) is 4.40. The number of aryl methyl sites for hydroxylation is 1. The average Bonchev–Trinajstić information content (AvgIpc) is 2.68. The molecule has 0 radical (unpaired) electrons. The maximum atomic E-state index is 5.82. The highest BCUT2D eigenvalue weighted by Gasteiger charge is 2.10. The van der Waals surface area contributed by atoms with E-state index in [4.69, 9.17) is 16.3 Å². The van der Waals surface area contributed by atoms with Crippen LogP contribution in [0.4, 0.5) is 0 Å². The number of imidazole rings is 1. The van der Waals surface area contributed by atoms with Crippen LogP contribution in [0, 0.1) is 0 Å². The van der Waals surface area contributed by atoms with Crippen LogP contribution in [0.2, 0.25) is 0 Å². The van der Waals surface area contributed by atoms with Crippen molar-refractivity contribution in [2.45, 2.75) is 32.9 Å². The van der Waals surface area contributed by atoms with Crippen LogP contribution in [0.15, 0.2) is 18.5 Å². The van der Waals surface area contributed by atoms with Gasteiger partial charge >= 0.3 is 0 Å². The fourth-order valence-corrected chi connectivity index (χ4v) is 2.11. The normalized spacial score (nSPS) is 11.6. The lowest BCUT2D eigenvalue weighted by Crippen LogP contribution is -2.13. The molecule has 0 fully saturated rings. The van der Waals surface area contributed by atoms with Gasteiger partial charge in [0.1, 0.15) is 11.3 Å². The summed E-state index contributed by atoms with van der Waals surface area (Å²) in [5.41, 5.74) is 2.01. The van der Waals surface area contributed by atoms with E-state index in [1.807, 2.05) is 19.9 Å². The van der Waals surface area contributed by atoms with Gasteiger partial charge in [-0.15, -0.1) is 11.6 Å². The number of nitrogens with zero attached hydrogens (tertiary/aromatic N) is 3. The molecule has 2 aromatic rings. The summed E-state index contributed by atoms with van der Waals surface area (Å²) >= 11 is 5.82. The zero-order chi connectivity index (χ0) is 13.0. The van der Waals surface area contributed by atoms with Crippen molar-refractivity contribution in [3.63, 3.8) is 0 Å². The molecule has 0 amide bonds. The Labute approximate surface area is 112 Å². The molecule has 0 spiro atoms. The van der Waals surface area contributed by atoms with Gasteiger partial charge in [-0.3, -0.25) is 4.98 Å². The topological polar surface area (TPSA) is 39.9 Å². The highest BCUT2D eigenvalue weighted by molar-refractivity contribution is 6.17. The molecule has 0 saturated carbocycles. The van der Waals surface area contributed by atoms with Crippen LogP contribution < -0.4 is 0 Å². The Morgan fingerprint density at radius 1 is 1.44 bits per heavy atom. The zero-order valence-electron chi connectivity index (χ0n) is 10.8. The van der Waals surface area contributed by atoms with Crippen LogP contribution >= 0.6 is 11.6 Å². The Morgan fingerprint density at radius 3 is 3.00 bits per heavy atom. The van der Waals surface area contributed by atoms with Crippen LogP contribution in [-0.4, -0.2) is 33.1 Å². The fourth-order valence-electron chi connectivity index (χ4n) is 1.94. The van der Waals surface area contributed by atoms with E-state index in [9.17, 15) is 0 Å². The fraction of sp³-hybridized carbons (Fsp3) is 0.538. The van der Waals surface area contributed by atoms with E-state index in [1.165, 1.54) is 0 Å². The molecule has 0 unspecified atom stereocenters. The molecule has 5 heteroatoms. The molecule has 4 nitrogen and oxygen atoms in total. The van der Waals surface area contributed by atoms with Crippen LogP contribution in [0.1, 0.15) is 19.7 Å². The Bertz CT molecular complexity index is 510. The van der Waals surface area contributed by atoms with E-state index >= 15 is 0 Å². The minimum absolute atomic E-state index is 0.248. The van der Waals surface area contributed by atoms with Gasteiger partial charge in [0, 0.05) is 25.0 Å². The molecule has 2 rings (SSSR count). The molecule has 0 aliphatic carbocycles. The molecule has 0 aliphatic rings. The third-order valence-electron chi connectivity index (χ3n) is 2.71. The number of rotatable bonds is 6. The number of hydrogen-bond acceptors (Lipinski definition) is 3. The summed E-state index contributed by atoms with van der Waals surface area (Å²) < 4.78 is 7.77.